The van der Waals surface area contributed by atoms with Crippen molar-refractivity contribution >= 4 is 35.3 Å². The molecule has 0 aromatic heterocycles. The second kappa shape index (κ2) is 7.83. The third-order valence-corrected chi connectivity index (χ3v) is 3.76. The minimum absolute atomic E-state index is 0.103. The number of carbonyl (C=O) groups excluding carboxylic acids is 3. The molecule has 0 saturated carbocycles. The Kier molecular flexibility index (Phi) is 6.41. The number of methoxy groups -OCH3 is 1. The Morgan fingerprint density at radius 3 is 2.36 bits per heavy atom. The average molecular weight is 330 g/mol. The van der Waals surface area contributed by atoms with Gasteiger partial charge in [0.25, 0.3) is 0 Å². The highest BCUT2D eigenvalue weighted by molar-refractivity contribution is 8.03. The van der Waals surface area contributed by atoms with Gasteiger partial charge in [0.1, 0.15) is 7.11 Å². The fourth-order valence-electron chi connectivity index (χ4n) is 1.91. The van der Waals surface area contributed by atoms with Gasteiger partial charge in [0.05, 0.1) is 19.4 Å². The third-order valence-electron chi connectivity index (χ3n) is 2.71. The highest BCUT2D eigenvalue weighted by Crippen LogP contribution is 2.34. The quantitative estimate of drug-likeness (QED) is 0.429. The van der Waals surface area contributed by atoms with Crippen LogP contribution < -0.4 is 0 Å². The summed E-state index contributed by atoms with van der Waals surface area (Å²) in [5.74, 6) is -1.50. The predicted molar refractivity (Wildman–Crippen MR) is 79.7 cm³/mol. The zero-order valence-electron chi connectivity index (χ0n) is 13.0. The van der Waals surface area contributed by atoms with Crippen molar-refractivity contribution in [1.29, 1.82) is 0 Å². The highest BCUT2D eigenvalue weighted by Gasteiger charge is 2.35. The predicted octanol–water partition coefficient (Wildman–Crippen LogP) is 0.878. The number of amides is 1. The molecule has 1 amide bonds. The van der Waals surface area contributed by atoms with Gasteiger partial charge in [-0.15, -0.1) is 0 Å². The number of nitrogens with zero attached hydrogens (tertiary/aromatic N) is 2. The van der Waals surface area contributed by atoms with Crippen molar-refractivity contribution in [3.8, 4) is 0 Å². The van der Waals surface area contributed by atoms with Crippen LogP contribution in [0.3, 0.4) is 0 Å². The lowest BCUT2D eigenvalue weighted by molar-refractivity contribution is -0.144. The molecule has 1 rings (SSSR count). The minimum Gasteiger partial charge on any atom is -0.464 e. The van der Waals surface area contributed by atoms with E-state index in [-0.39, 0.29) is 23.9 Å². The molecule has 0 aliphatic carbocycles. The standard InChI is InChI=1S/C13H18N2O6S/c1-7-12(11(14-20-5)13(18)19-4)15(8(2)16)6-10(22-7)21-9(3)17/h10H,6H2,1-5H3/b14-11-. The molecule has 0 fully saturated rings. The van der Waals surface area contributed by atoms with Crippen LogP contribution in [0.1, 0.15) is 20.8 Å². The molecule has 22 heavy (non-hydrogen) atoms. The number of hydrogen-bond donors (Lipinski definition) is 0. The van der Waals surface area contributed by atoms with E-state index >= 15 is 0 Å². The summed E-state index contributed by atoms with van der Waals surface area (Å²) in [6, 6.07) is 0. The summed E-state index contributed by atoms with van der Waals surface area (Å²) in [6.45, 7) is 4.43. The Bertz CT molecular complexity index is 543. The molecule has 0 aromatic carbocycles. The van der Waals surface area contributed by atoms with E-state index in [9.17, 15) is 14.4 Å². The van der Waals surface area contributed by atoms with Crippen molar-refractivity contribution in [3.05, 3.63) is 10.6 Å². The van der Waals surface area contributed by atoms with E-state index in [2.05, 4.69) is 14.7 Å². The Hall–Kier alpha value is -2.03. The molecular formula is C13H18N2O6S. The van der Waals surface area contributed by atoms with E-state index in [1.807, 2.05) is 0 Å². The van der Waals surface area contributed by atoms with Gasteiger partial charge in [0, 0.05) is 18.8 Å². The molecule has 9 heteroatoms. The molecule has 8 nitrogen and oxygen atoms in total. The third kappa shape index (κ3) is 4.23. The maximum atomic E-state index is 11.9. The number of hydrogen-bond acceptors (Lipinski definition) is 8. The summed E-state index contributed by atoms with van der Waals surface area (Å²) in [7, 11) is 2.49. The molecule has 0 aromatic rings. The summed E-state index contributed by atoms with van der Waals surface area (Å²) in [6.07, 6.45) is 0. The van der Waals surface area contributed by atoms with Crippen molar-refractivity contribution < 1.29 is 28.7 Å². The lowest BCUT2D eigenvalue weighted by Crippen LogP contribution is -2.43. The van der Waals surface area contributed by atoms with Crippen LogP contribution in [-0.4, -0.2) is 54.7 Å². The zero-order valence-corrected chi connectivity index (χ0v) is 13.9. The van der Waals surface area contributed by atoms with Crippen molar-refractivity contribution in [2.45, 2.75) is 26.2 Å². The monoisotopic (exact) mass is 330 g/mol. The van der Waals surface area contributed by atoms with E-state index in [4.69, 9.17) is 4.74 Å². The second-order valence-corrected chi connectivity index (χ2v) is 5.68. The van der Waals surface area contributed by atoms with Crippen LogP contribution in [0.5, 0.6) is 0 Å². The molecule has 1 atom stereocenters. The number of oxime groups is 1. The first kappa shape index (κ1) is 18.0. The van der Waals surface area contributed by atoms with E-state index < -0.39 is 17.4 Å². The molecule has 1 aliphatic rings. The van der Waals surface area contributed by atoms with Crippen LogP contribution >= 0.6 is 11.8 Å². The van der Waals surface area contributed by atoms with Crippen LogP contribution in [0.25, 0.3) is 0 Å². The largest absolute Gasteiger partial charge is 0.464 e. The molecule has 0 bridgehead atoms. The molecule has 1 heterocycles. The van der Waals surface area contributed by atoms with Gasteiger partial charge in [0.15, 0.2) is 5.44 Å². The van der Waals surface area contributed by atoms with Gasteiger partial charge in [-0.05, 0) is 6.92 Å². The number of thioether (sulfide) groups is 1. The van der Waals surface area contributed by atoms with Gasteiger partial charge in [-0.2, -0.15) is 0 Å². The summed E-state index contributed by atoms with van der Waals surface area (Å²) in [5.41, 5.74) is -0.382. The molecule has 0 radical (unpaired) electrons. The topological polar surface area (TPSA) is 94.5 Å². The first-order chi connectivity index (χ1) is 10.3. The number of esters is 2. The Labute approximate surface area is 132 Å². The lowest BCUT2D eigenvalue weighted by atomic mass is 10.2. The normalized spacial score (nSPS) is 18.9. The van der Waals surface area contributed by atoms with Crippen molar-refractivity contribution in [2.75, 3.05) is 20.8 Å². The molecule has 1 aliphatic heterocycles. The first-order valence-electron chi connectivity index (χ1n) is 6.34. The SMILES string of the molecule is CO/N=C(\C(=O)OC)C1=C(C)SC(OC(C)=O)CN1C(C)=O. The van der Waals surface area contributed by atoms with Gasteiger partial charge in [0.2, 0.25) is 11.6 Å². The van der Waals surface area contributed by atoms with Crippen LogP contribution in [0.2, 0.25) is 0 Å². The zero-order chi connectivity index (χ0) is 16.9. The van der Waals surface area contributed by atoms with E-state index in [0.717, 1.165) is 0 Å². The summed E-state index contributed by atoms with van der Waals surface area (Å²) >= 11 is 1.22. The van der Waals surface area contributed by atoms with Crippen molar-refractivity contribution in [2.24, 2.45) is 5.16 Å². The van der Waals surface area contributed by atoms with Gasteiger partial charge in [-0.1, -0.05) is 16.9 Å². The Morgan fingerprint density at radius 2 is 1.91 bits per heavy atom. The maximum absolute atomic E-state index is 11.9. The fourth-order valence-corrected chi connectivity index (χ4v) is 3.03. The first-order valence-corrected chi connectivity index (χ1v) is 7.22. The molecule has 0 N–H and O–H groups in total. The highest BCUT2D eigenvalue weighted by atomic mass is 32.2. The second-order valence-electron chi connectivity index (χ2n) is 4.31. The van der Waals surface area contributed by atoms with Gasteiger partial charge >= 0.3 is 11.9 Å². The Morgan fingerprint density at radius 1 is 1.27 bits per heavy atom. The van der Waals surface area contributed by atoms with Crippen molar-refractivity contribution in [3.63, 3.8) is 0 Å². The van der Waals surface area contributed by atoms with Crippen LogP contribution in [0, 0.1) is 0 Å². The molecular weight excluding hydrogens is 312 g/mol. The van der Waals surface area contributed by atoms with Gasteiger partial charge in [-0.3, -0.25) is 9.59 Å². The Balaban J connectivity index is 3.27. The number of allylic oxidation sites excluding steroid dienone is 1. The molecule has 0 saturated heterocycles. The fraction of sp³-hybridized carbons (Fsp3) is 0.538. The summed E-state index contributed by atoms with van der Waals surface area (Å²) < 4.78 is 9.79. The molecule has 122 valence electrons. The average Bonchev–Trinajstić information content (AvgIpc) is 2.43. The molecule has 0 spiro atoms. The van der Waals surface area contributed by atoms with Gasteiger partial charge < -0.3 is 19.2 Å². The lowest BCUT2D eigenvalue weighted by Gasteiger charge is -2.33. The summed E-state index contributed by atoms with van der Waals surface area (Å²) in [4.78, 5) is 41.4. The number of rotatable bonds is 4. The number of ether oxygens (including phenoxy) is 2. The van der Waals surface area contributed by atoms with E-state index in [0.29, 0.717) is 4.91 Å². The van der Waals surface area contributed by atoms with Crippen LogP contribution in [0.15, 0.2) is 15.8 Å². The number of carbonyl (C=O) groups is 3. The molecule has 1 unspecified atom stereocenters. The maximum Gasteiger partial charge on any atom is 0.362 e. The van der Waals surface area contributed by atoms with E-state index in [1.165, 1.54) is 44.7 Å². The van der Waals surface area contributed by atoms with Gasteiger partial charge in [-0.25, -0.2) is 4.79 Å². The van der Waals surface area contributed by atoms with Crippen LogP contribution in [0.4, 0.5) is 0 Å². The van der Waals surface area contributed by atoms with E-state index in [1.54, 1.807) is 6.92 Å². The van der Waals surface area contributed by atoms with Crippen LogP contribution in [-0.2, 0) is 28.7 Å². The summed E-state index contributed by atoms with van der Waals surface area (Å²) in [5, 5.41) is 3.66. The minimum atomic E-state index is -0.728. The smallest absolute Gasteiger partial charge is 0.362 e. The van der Waals surface area contributed by atoms with Crippen molar-refractivity contribution in [1.82, 2.24) is 4.90 Å².